The molecule has 98 valence electrons. The molecule has 2 heteroatoms. The zero-order valence-electron chi connectivity index (χ0n) is 11.2. The van der Waals surface area contributed by atoms with E-state index in [1.54, 1.807) is 11.1 Å². The van der Waals surface area contributed by atoms with Crippen LogP contribution in [0.15, 0.2) is 24.3 Å². The Morgan fingerprint density at radius 2 is 2.00 bits per heavy atom. The van der Waals surface area contributed by atoms with Gasteiger partial charge in [0.25, 0.3) is 0 Å². The lowest BCUT2D eigenvalue weighted by Gasteiger charge is -2.31. The normalized spacial score (nSPS) is 31.3. The summed E-state index contributed by atoms with van der Waals surface area (Å²) in [6.07, 6.45) is 4.04. The summed E-state index contributed by atoms with van der Waals surface area (Å²) in [5.41, 5.74) is 3.13. The SMILES string of the molecule is CC1CCC(NCC2CCSC2)c2ccccc21. The van der Waals surface area contributed by atoms with Crippen LogP contribution >= 0.6 is 11.8 Å². The van der Waals surface area contributed by atoms with Crippen molar-refractivity contribution in [3.05, 3.63) is 35.4 Å². The highest BCUT2D eigenvalue weighted by Gasteiger charge is 2.25. The van der Waals surface area contributed by atoms with Crippen LogP contribution in [0.25, 0.3) is 0 Å². The predicted octanol–water partition coefficient (Wildman–Crippen LogP) is 3.97. The Morgan fingerprint density at radius 3 is 2.78 bits per heavy atom. The minimum absolute atomic E-state index is 0.600. The second-order valence-corrected chi connectivity index (χ2v) is 6.95. The summed E-state index contributed by atoms with van der Waals surface area (Å²) in [6, 6.07) is 9.62. The Hall–Kier alpha value is -0.470. The molecular formula is C16H23NS. The maximum atomic E-state index is 3.83. The highest BCUT2D eigenvalue weighted by molar-refractivity contribution is 7.99. The lowest BCUT2D eigenvalue weighted by molar-refractivity contribution is 0.400. The summed E-state index contributed by atoms with van der Waals surface area (Å²) in [5.74, 6) is 4.37. The number of fused-ring (bicyclic) bond motifs is 1. The van der Waals surface area contributed by atoms with Crippen molar-refractivity contribution in [1.82, 2.24) is 5.32 Å². The van der Waals surface area contributed by atoms with Gasteiger partial charge in [0.15, 0.2) is 0 Å². The monoisotopic (exact) mass is 261 g/mol. The van der Waals surface area contributed by atoms with Gasteiger partial charge in [-0.2, -0.15) is 11.8 Å². The van der Waals surface area contributed by atoms with Crippen LogP contribution < -0.4 is 5.32 Å². The summed E-state index contributed by atoms with van der Waals surface area (Å²) >= 11 is 2.11. The first-order valence-corrected chi connectivity index (χ1v) is 8.40. The molecular weight excluding hydrogens is 238 g/mol. The molecule has 1 aromatic rings. The molecule has 3 atom stereocenters. The second-order valence-electron chi connectivity index (χ2n) is 5.80. The van der Waals surface area contributed by atoms with E-state index in [4.69, 9.17) is 0 Å². The molecule has 0 radical (unpaired) electrons. The maximum Gasteiger partial charge on any atom is 0.0323 e. The molecule has 1 heterocycles. The number of hydrogen-bond donors (Lipinski definition) is 1. The molecule has 1 aromatic carbocycles. The Balaban J connectivity index is 1.68. The van der Waals surface area contributed by atoms with Crippen molar-refractivity contribution in [1.29, 1.82) is 0 Å². The summed E-state index contributed by atoms with van der Waals surface area (Å²) in [5, 5.41) is 3.83. The molecule has 0 bridgehead atoms. The van der Waals surface area contributed by atoms with E-state index < -0.39 is 0 Å². The molecule has 1 nitrogen and oxygen atoms in total. The molecule has 1 fully saturated rings. The Bertz CT molecular complexity index is 398. The average molecular weight is 261 g/mol. The molecule has 3 unspecified atom stereocenters. The third kappa shape index (κ3) is 2.60. The first kappa shape index (κ1) is 12.6. The fourth-order valence-corrected chi connectivity index (χ4v) is 4.55. The number of benzene rings is 1. The zero-order chi connectivity index (χ0) is 12.4. The van der Waals surface area contributed by atoms with Gasteiger partial charge >= 0.3 is 0 Å². The van der Waals surface area contributed by atoms with Crippen LogP contribution in [0.2, 0.25) is 0 Å². The van der Waals surface area contributed by atoms with Gasteiger partial charge in [0.1, 0.15) is 0 Å². The van der Waals surface area contributed by atoms with Crippen molar-refractivity contribution in [3.8, 4) is 0 Å². The van der Waals surface area contributed by atoms with E-state index in [2.05, 4.69) is 48.3 Å². The number of hydrogen-bond acceptors (Lipinski definition) is 2. The highest BCUT2D eigenvalue weighted by atomic mass is 32.2. The van der Waals surface area contributed by atoms with Crippen LogP contribution in [0.4, 0.5) is 0 Å². The highest BCUT2D eigenvalue weighted by Crippen LogP contribution is 2.37. The third-order valence-electron chi connectivity index (χ3n) is 4.47. The molecule has 2 aliphatic rings. The van der Waals surface area contributed by atoms with Crippen molar-refractivity contribution < 1.29 is 0 Å². The van der Waals surface area contributed by atoms with Crippen molar-refractivity contribution in [2.24, 2.45) is 5.92 Å². The number of thioether (sulfide) groups is 1. The van der Waals surface area contributed by atoms with Gasteiger partial charge in [-0.1, -0.05) is 31.2 Å². The Morgan fingerprint density at radius 1 is 1.17 bits per heavy atom. The Kier molecular flexibility index (Phi) is 3.95. The molecule has 0 spiro atoms. The molecule has 0 aromatic heterocycles. The van der Waals surface area contributed by atoms with Crippen LogP contribution in [-0.4, -0.2) is 18.1 Å². The lowest BCUT2D eigenvalue weighted by Crippen LogP contribution is -2.30. The summed E-state index contributed by atoms with van der Waals surface area (Å²) < 4.78 is 0. The molecule has 1 aliphatic heterocycles. The van der Waals surface area contributed by atoms with Crippen molar-refractivity contribution >= 4 is 11.8 Å². The minimum Gasteiger partial charge on any atom is -0.310 e. The van der Waals surface area contributed by atoms with E-state index >= 15 is 0 Å². The predicted molar refractivity (Wildman–Crippen MR) is 80.3 cm³/mol. The fraction of sp³-hybridized carbons (Fsp3) is 0.625. The van der Waals surface area contributed by atoms with Crippen molar-refractivity contribution in [2.45, 2.75) is 38.1 Å². The molecule has 0 saturated carbocycles. The van der Waals surface area contributed by atoms with E-state index in [-0.39, 0.29) is 0 Å². The van der Waals surface area contributed by atoms with Gasteiger partial charge in [-0.15, -0.1) is 0 Å². The van der Waals surface area contributed by atoms with Gasteiger partial charge in [-0.3, -0.25) is 0 Å². The van der Waals surface area contributed by atoms with Gasteiger partial charge in [0.2, 0.25) is 0 Å². The van der Waals surface area contributed by atoms with Crippen LogP contribution in [0.1, 0.15) is 49.3 Å². The summed E-state index contributed by atoms with van der Waals surface area (Å²) in [4.78, 5) is 0. The minimum atomic E-state index is 0.600. The maximum absolute atomic E-state index is 3.83. The van der Waals surface area contributed by atoms with E-state index in [0.29, 0.717) is 6.04 Å². The largest absolute Gasteiger partial charge is 0.310 e. The standard InChI is InChI=1S/C16H23NS/c1-12-6-7-16(15-5-3-2-4-14(12)15)17-10-13-8-9-18-11-13/h2-5,12-13,16-17H,6-11H2,1H3. The molecule has 18 heavy (non-hydrogen) atoms. The molecule has 3 rings (SSSR count). The second kappa shape index (κ2) is 5.66. The molecule has 1 saturated heterocycles. The zero-order valence-corrected chi connectivity index (χ0v) is 12.0. The topological polar surface area (TPSA) is 12.0 Å². The van der Waals surface area contributed by atoms with Crippen molar-refractivity contribution in [3.63, 3.8) is 0 Å². The Labute approximate surface area is 115 Å². The summed E-state index contributed by atoms with van der Waals surface area (Å²) in [6.45, 7) is 3.57. The van der Waals surface area contributed by atoms with Gasteiger partial charge in [-0.05, 0) is 60.3 Å². The first-order valence-electron chi connectivity index (χ1n) is 7.24. The molecule has 1 aliphatic carbocycles. The summed E-state index contributed by atoms with van der Waals surface area (Å²) in [7, 11) is 0. The van der Waals surface area contributed by atoms with Crippen LogP contribution in [0.3, 0.4) is 0 Å². The van der Waals surface area contributed by atoms with Gasteiger partial charge in [0, 0.05) is 6.04 Å². The van der Waals surface area contributed by atoms with Crippen LogP contribution in [0, 0.1) is 5.92 Å². The third-order valence-corrected chi connectivity index (χ3v) is 5.70. The average Bonchev–Trinajstić information content (AvgIpc) is 2.92. The van der Waals surface area contributed by atoms with Gasteiger partial charge in [0.05, 0.1) is 0 Å². The smallest absolute Gasteiger partial charge is 0.0323 e. The van der Waals surface area contributed by atoms with E-state index in [0.717, 1.165) is 11.8 Å². The van der Waals surface area contributed by atoms with Gasteiger partial charge < -0.3 is 5.32 Å². The van der Waals surface area contributed by atoms with E-state index in [1.807, 2.05) is 0 Å². The number of nitrogens with one attached hydrogen (secondary N) is 1. The molecule has 0 amide bonds. The van der Waals surface area contributed by atoms with Crippen LogP contribution in [0.5, 0.6) is 0 Å². The van der Waals surface area contributed by atoms with E-state index in [9.17, 15) is 0 Å². The molecule has 1 N–H and O–H groups in total. The number of rotatable bonds is 3. The lowest BCUT2D eigenvalue weighted by atomic mass is 9.81. The quantitative estimate of drug-likeness (QED) is 0.883. The van der Waals surface area contributed by atoms with Crippen molar-refractivity contribution in [2.75, 3.05) is 18.1 Å². The van der Waals surface area contributed by atoms with E-state index in [1.165, 1.54) is 37.3 Å². The fourth-order valence-electron chi connectivity index (χ4n) is 3.27. The van der Waals surface area contributed by atoms with Crippen LogP contribution in [-0.2, 0) is 0 Å². The van der Waals surface area contributed by atoms with Gasteiger partial charge in [-0.25, -0.2) is 0 Å². The first-order chi connectivity index (χ1) is 8.84.